The molecule has 1 heterocycles. The van der Waals surface area contributed by atoms with E-state index in [4.69, 9.17) is 21.1 Å². The molecular weight excluding hydrogens is 408 g/mol. The zero-order valence-corrected chi connectivity index (χ0v) is 16.2. The summed E-state index contributed by atoms with van der Waals surface area (Å²) in [5.41, 5.74) is 1.17. The normalized spacial score (nSPS) is 12.2. The molecule has 0 aliphatic carbocycles. The molecule has 3 aromatic carbocycles. The van der Waals surface area contributed by atoms with Crippen molar-refractivity contribution in [3.05, 3.63) is 82.9 Å². The summed E-state index contributed by atoms with van der Waals surface area (Å²) in [6.07, 6.45) is 0. The number of benzene rings is 3. The lowest BCUT2D eigenvalue weighted by atomic mass is 10.1. The van der Waals surface area contributed by atoms with E-state index in [1.165, 1.54) is 6.07 Å². The number of para-hydroxylation sites is 1. The van der Waals surface area contributed by atoms with E-state index in [9.17, 15) is 14.4 Å². The molecule has 1 aliphatic heterocycles. The highest BCUT2D eigenvalue weighted by Gasteiger charge is 2.26. The molecule has 0 atom stereocenters. The molecule has 0 aromatic heterocycles. The van der Waals surface area contributed by atoms with Gasteiger partial charge >= 0.3 is 0 Å². The summed E-state index contributed by atoms with van der Waals surface area (Å²) in [4.78, 5) is 35.4. The van der Waals surface area contributed by atoms with Crippen LogP contribution in [0.5, 0.6) is 17.2 Å². The summed E-state index contributed by atoms with van der Waals surface area (Å²) < 4.78 is 11.1. The fraction of sp³-hybridized carbons (Fsp3) is 0.0455. The zero-order valence-electron chi connectivity index (χ0n) is 15.5. The Bertz CT molecular complexity index is 1140. The molecule has 2 N–H and O–H groups in total. The molecule has 0 saturated carbocycles. The van der Waals surface area contributed by atoms with Crippen molar-refractivity contribution < 1.29 is 23.9 Å². The third-order valence-electron chi connectivity index (χ3n) is 4.28. The molecule has 0 fully saturated rings. The van der Waals surface area contributed by atoms with E-state index in [0.29, 0.717) is 33.5 Å². The number of nitrogens with one attached hydrogen (secondary N) is 2. The topological polar surface area (TPSA) is 93.7 Å². The average molecular weight is 423 g/mol. The molecule has 0 spiro atoms. The van der Waals surface area contributed by atoms with Gasteiger partial charge in [0.25, 0.3) is 17.7 Å². The van der Waals surface area contributed by atoms with Crippen LogP contribution >= 0.6 is 11.6 Å². The van der Waals surface area contributed by atoms with Crippen molar-refractivity contribution in [2.24, 2.45) is 0 Å². The van der Waals surface area contributed by atoms with Gasteiger partial charge in [-0.3, -0.25) is 19.7 Å². The summed E-state index contributed by atoms with van der Waals surface area (Å²) in [5, 5.41) is 5.38. The lowest BCUT2D eigenvalue weighted by molar-refractivity contribution is -0.118. The van der Waals surface area contributed by atoms with Crippen LogP contribution in [0.3, 0.4) is 0 Å². The summed E-state index contributed by atoms with van der Waals surface area (Å²) in [6.45, 7) is -0.183. The molecule has 3 aromatic rings. The first kappa shape index (κ1) is 19.5. The van der Waals surface area contributed by atoms with Crippen molar-refractivity contribution in [2.75, 3.05) is 11.9 Å². The van der Waals surface area contributed by atoms with Gasteiger partial charge in [-0.2, -0.15) is 0 Å². The lowest BCUT2D eigenvalue weighted by Gasteiger charge is -2.10. The van der Waals surface area contributed by atoms with Crippen molar-refractivity contribution in [1.82, 2.24) is 5.32 Å². The van der Waals surface area contributed by atoms with Crippen LogP contribution in [-0.2, 0) is 4.79 Å². The molecule has 150 valence electrons. The Kier molecular flexibility index (Phi) is 5.36. The molecular formula is C22H15ClN2O5. The minimum absolute atomic E-state index is 0.183. The minimum atomic E-state index is -0.447. The van der Waals surface area contributed by atoms with Crippen molar-refractivity contribution in [1.29, 1.82) is 0 Å². The molecule has 4 rings (SSSR count). The van der Waals surface area contributed by atoms with E-state index in [-0.39, 0.29) is 18.1 Å². The fourth-order valence-corrected chi connectivity index (χ4v) is 3.05. The number of imide groups is 1. The predicted octanol–water partition coefficient (Wildman–Crippen LogP) is 4.03. The van der Waals surface area contributed by atoms with Gasteiger partial charge in [0.15, 0.2) is 6.61 Å². The standard InChI is InChI=1S/C22H15ClN2O5/c23-18-3-1-2-4-19(18)29-12-20(26)24-13-5-7-14(8-6-13)30-15-9-10-16-17(11-15)22(28)25-21(16)27/h1-11H,12H2,(H,24,26)(H,25,27,28). The number of anilines is 1. The highest BCUT2D eigenvalue weighted by molar-refractivity contribution is 6.32. The number of carbonyl (C=O) groups excluding carboxylic acids is 3. The van der Waals surface area contributed by atoms with Crippen LogP contribution in [0, 0.1) is 0 Å². The Morgan fingerprint density at radius 2 is 1.60 bits per heavy atom. The summed E-state index contributed by atoms with van der Waals surface area (Å²) in [7, 11) is 0. The Balaban J connectivity index is 1.35. The zero-order chi connectivity index (χ0) is 21.1. The average Bonchev–Trinajstić information content (AvgIpc) is 3.02. The Labute approximate surface area is 176 Å². The molecule has 3 amide bonds. The second-order valence-electron chi connectivity index (χ2n) is 6.38. The van der Waals surface area contributed by atoms with Crippen LogP contribution in [0.25, 0.3) is 0 Å². The Hall–Kier alpha value is -3.84. The summed E-state index contributed by atoms with van der Waals surface area (Å²) in [6, 6.07) is 18.2. The molecule has 8 heteroatoms. The number of hydrogen-bond acceptors (Lipinski definition) is 5. The van der Waals surface area contributed by atoms with Gasteiger partial charge in [0.2, 0.25) is 0 Å². The van der Waals surface area contributed by atoms with Crippen molar-refractivity contribution >= 4 is 35.0 Å². The number of carbonyl (C=O) groups is 3. The smallest absolute Gasteiger partial charge is 0.262 e. The lowest BCUT2D eigenvalue weighted by Crippen LogP contribution is -2.20. The van der Waals surface area contributed by atoms with Gasteiger partial charge in [0.1, 0.15) is 17.2 Å². The molecule has 0 bridgehead atoms. The summed E-state index contributed by atoms with van der Waals surface area (Å²) in [5.74, 6) is 0.159. The molecule has 1 aliphatic rings. The van der Waals surface area contributed by atoms with Crippen molar-refractivity contribution in [2.45, 2.75) is 0 Å². The maximum absolute atomic E-state index is 12.1. The van der Waals surface area contributed by atoms with Gasteiger partial charge in [-0.15, -0.1) is 0 Å². The van der Waals surface area contributed by atoms with Gasteiger partial charge in [-0.25, -0.2) is 0 Å². The number of rotatable bonds is 6. The van der Waals surface area contributed by atoms with Gasteiger partial charge in [-0.05, 0) is 54.6 Å². The highest BCUT2D eigenvalue weighted by atomic mass is 35.5. The van der Waals surface area contributed by atoms with Gasteiger partial charge in [-0.1, -0.05) is 23.7 Å². The van der Waals surface area contributed by atoms with Gasteiger partial charge in [0.05, 0.1) is 16.1 Å². The van der Waals surface area contributed by atoms with E-state index < -0.39 is 11.8 Å². The molecule has 0 unspecified atom stereocenters. The largest absolute Gasteiger partial charge is 0.482 e. The number of fused-ring (bicyclic) bond motifs is 1. The third-order valence-corrected chi connectivity index (χ3v) is 4.59. The molecule has 0 radical (unpaired) electrons. The summed E-state index contributed by atoms with van der Waals surface area (Å²) >= 11 is 5.99. The highest BCUT2D eigenvalue weighted by Crippen LogP contribution is 2.27. The maximum atomic E-state index is 12.1. The third kappa shape index (κ3) is 4.26. The Morgan fingerprint density at radius 1 is 0.900 bits per heavy atom. The number of ether oxygens (including phenoxy) is 2. The van der Waals surface area contributed by atoms with E-state index >= 15 is 0 Å². The number of amides is 3. The predicted molar refractivity (Wildman–Crippen MR) is 110 cm³/mol. The second-order valence-corrected chi connectivity index (χ2v) is 6.79. The van der Waals surface area contributed by atoms with E-state index in [2.05, 4.69) is 10.6 Å². The number of halogens is 1. The van der Waals surface area contributed by atoms with Gasteiger partial charge in [0, 0.05) is 5.69 Å². The van der Waals surface area contributed by atoms with Crippen LogP contribution in [0.4, 0.5) is 5.69 Å². The van der Waals surface area contributed by atoms with Crippen LogP contribution in [0.2, 0.25) is 5.02 Å². The molecule has 0 saturated heterocycles. The number of hydrogen-bond donors (Lipinski definition) is 2. The van der Waals surface area contributed by atoms with E-state index in [1.54, 1.807) is 60.7 Å². The first-order valence-electron chi connectivity index (χ1n) is 8.94. The van der Waals surface area contributed by atoms with Crippen molar-refractivity contribution in [3.63, 3.8) is 0 Å². The first-order valence-corrected chi connectivity index (χ1v) is 9.32. The SMILES string of the molecule is O=C(COc1ccccc1Cl)Nc1ccc(Oc2ccc3c(c2)C(=O)NC3=O)cc1. The fourth-order valence-electron chi connectivity index (χ4n) is 2.86. The molecule has 30 heavy (non-hydrogen) atoms. The monoisotopic (exact) mass is 422 g/mol. The van der Waals surface area contributed by atoms with E-state index in [0.717, 1.165) is 0 Å². The molecule has 7 nitrogen and oxygen atoms in total. The van der Waals surface area contributed by atoms with Crippen LogP contribution < -0.4 is 20.1 Å². The maximum Gasteiger partial charge on any atom is 0.262 e. The van der Waals surface area contributed by atoms with Crippen LogP contribution in [0.15, 0.2) is 66.7 Å². The Morgan fingerprint density at radius 3 is 2.37 bits per heavy atom. The first-order chi connectivity index (χ1) is 14.5. The quantitative estimate of drug-likeness (QED) is 0.585. The minimum Gasteiger partial charge on any atom is -0.482 e. The second kappa shape index (κ2) is 8.26. The van der Waals surface area contributed by atoms with Gasteiger partial charge < -0.3 is 14.8 Å². The van der Waals surface area contributed by atoms with Crippen LogP contribution in [0.1, 0.15) is 20.7 Å². The van der Waals surface area contributed by atoms with E-state index in [1.807, 2.05) is 0 Å². The van der Waals surface area contributed by atoms with Crippen LogP contribution in [-0.4, -0.2) is 24.3 Å². The van der Waals surface area contributed by atoms with Crippen molar-refractivity contribution in [3.8, 4) is 17.2 Å².